The van der Waals surface area contributed by atoms with Crippen molar-refractivity contribution >= 4 is 0 Å². The van der Waals surface area contributed by atoms with Crippen LogP contribution in [0.3, 0.4) is 0 Å². The van der Waals surface area contributed by atoms with Gasteiger partial charge in [-0.15, -0.1) is 6.42 Å². The monoisotopic (exact) mass is 228 g/mol. The maximum Gasteiger partial charge on any atom is 0.162 e. The molecule has 92 valence electrons. The molecule has 0 spiro atoms. The van der Waals surface area contributed by atoms with Crippen molar-refractivity contribution in [1.82, 2.24) is 0 Å². The third kappa shape index (κ3) is 4.11. The summed E-state index contributed by atoms with van der Waals surface area (Å²) in [6.45, 7) is 6.05. The number of aliphatic hydroxyl groups is 1. The van der Waals surface area contributed by atoms with Crippen molar-refractivity contribution in [2.75, 3.05) is 13.2 Å². The van der Waals surface area contributed by atoms with Crippen molar-refractivity contribution in [3.05, 3.63) is 0 Å². The van der Waals surface area contributed by atoms with Crippen molar-refractivity contribution in [2.45, 2.75) is 51.3 Å². The molecule has 0 aromatic rings. The zero-order chi connectivity index (χ0) is 12.2. The Morgan fingerprint density at radius 2 is 2.19 bits per heavy atom. The van der Waals surface area contributed by atoms with E-state index in [0.717, 1.165) is 0 Å². The van der Waals surface area contributed by atoms with E-state index in [1.54, 1.807) is 0 Å². The van der Waals surface area contributed by atoms with Crippen LogP contribution in [-0.2, 0) is 14.2 Å². The van der Waals surface area contributed by atoms with Gasteiger partial charge in [-0.05, 0) is 20.8 Å². The first-order chi connectivity index (χ1) is 7.46. The highest BCUT2D eigenvalue weighted by Crippen LogP contribution is 2.27. The molecule has 0 amide bonds. The van der Waals surface area contributed by atoms with Crippen molar-refractivity contribution in [2.24, 2.45) is 0 Å². The van der Waals surface area contributed by atoms with Gasteiger partial charge >= 0.3 is 0 Å². The summed E-state index contributed by atoms with van der Waals surface area (Å²) in [5, 5.41) is 9.18. The second-order valence-corrected chi connectivity index (χ2v) is 4.81. The Bertz CT molecular complexity index is 251. The van der Waals surface area contributed by atoms with Gasteiger partial charge in [0.25, 0.3) is 0 Å². The van der Waals surface area contributed by atoms with E-state index in [1.165, 1.54) is 0 Å². The Labute approximate surface area is 96.9 Å². The van der Waals surface area contributed by atoms with Crippen LogP contribution in [0.5, 0.6) is 0 Å². The van der Waals surface area contributed by atoms with Crippen LogP contribution in [0.15, 0.2) is 0 Å². The lowest BCUT2D eigenvalue weighted by atomic mass is 10.1. The lowest BCUT2D eigenvalue weighted by molar-refractivity contribution is -0.144. The molecular formula is C12H20O4. The molecular weight excluding hydrogens is 208 g/mol. The molecule has 1 heterocycles. The van der Waals surface area contributed by atoms with Gasteiger partial charge in [0.15, 0.2) is 6.29 Å². The molecule has 0 aromatic carbocycles. The van der Waals surface area contributed by atoms with Gasteiger partial charge in [-0.25, -0.2) is 0 Å². The number of terminal acetylenes is 1. The van der Waals surface area contributed by atoms with E-state index in [1.807, 2.05) is 20.8 Å². The quantitative estimate of drug-likeness (QED) is 0.727. The fourth-order valence-corrected chi connectivity index (χ4v) is 1.67. The number of hydrogen-bond donors (Lipinski definition) is 1. The zero-order valence-corrected chi connectivity index (χ0v) is 10.1. The summed E-state index contributed by atoms with van der Waals surface area (Å²) in [6, 6.07) is 0. The first kappa shape index (κ1) is 13.5. The Morgan fingerprint density at radius 1 is 1.50 bits per heavy atom. The minimum Gasteiger partial charge on any atom is -0.394 e. The Balaban J connectivity index is 2.48. The van der Waals surface area contributed by atoms with Gasteiger partial charge in [-0.3, -0.25) is 0 Å². The summed E-state index contributed by atoms with van der Waals surface area (Å²) in [5.41, 5.74) is -0.261. The van der Waals surface area contributed by atoms with Crippen molar-refractivity contribution in [3.8, 4) is 12.3 Å². The zero-order valence-electron chi connectivity index (χ0n) is 10.1. The molecule has 0 aromatic heterocycles. The van der Waals surface area contributed by atoms with Gasteiger partial charge in [0.05, 0.1) is 18.3 Å². The van der Waals surface area contributed by atoms with E-state index in [-0.39, 0.29) is 37.3 Å². The van der Waals surface area contributed by atoms with E-state index >= 15 is 0 Å². The summed E-state index contributed by atoms with van der Waals surface area (Å²) in [5.74, 6) is 2.38. The van der Waals surface area contributed by atoms with Crippen LogP contribution in [0.2, 0.25) is 0 Å². The van der Waals surface area contributed by atoms with E-state index in [0.29, 0.717) is 6.42 Å². The predicted molar refractivity (Wildman–Crippen MR) is 59.8 cm³/mol. The number of ether oxygens (including phenoxy) is 3. The van der Waals surface area contributed by atoms with Gasteiger partial charge in [-0.1, -0.05) is 5.92 Å². The summed E-state index contributed by atoms with van der Waals surface area (Å²) in [4.78, 5) is 0. The van der Waals surface area contributed by atoms with E-state index < -0.39 is 0 Å². The van der Waals surface area contributed by atoms with E-state index in [9.17, 15) is 5.11 Å². The molecule has 1 aliphatic rings. The molecule has 0 radical (unpaired) electrons. The maximum atomic E-state index is 9.18. The minimum atomic E-state index is -0.374. The molecule has 0 aliphatic carbocycles. The highest BCUT2D eigenvalue weighted by atomic mass is 16.7. The highest BCUT2D eigenvalue weighted by Gasteiger charge is 2.38. The molecule has 4 nitrogen and oxygen atoms in total. The molecule has 4 heteroatoms. The van der Waals surface area contributed by atoms with Crippen LogP contribution in [0.1, 0.15) is 27.2 Å². The first-order valence-electron chi connectivity index (χ1n) is 5.45. The smallest absolute Gasteiger partial charge is 0.162 e. The summed E-state index contributed by atoms with van der Waals surface area (Å²) < 4.78 is 16.6. The molecule has 1 unspecified atom stereocenters. The fraction of sp³-hybridized carbons (Fsp3) is 0.833. The topological polar surface area (TPSA) is 47.9 Å². The molecule has 1 aliphatic heterocycles. The van der Waals surface area contributed by atoms with Crippen molar-refractivity contribution in [1.29, 1.82) is 0 Å². The summed E-state index contributed by atoms with van der Waals surface area (Å²) >= 11 is 0. The predicted octanol–water partition coefficient (Wildman–Crippen LogP) is 0.927. The molecule has 1 rings (SSSR count). The normalized spacial score (nSPS) is 30.3. The van der Waals surface area contributed by atoms with Gasteiger partial charge in [0, 0.05) is 6.42 Å². The third-order valence-electron chi connectivity index (χ3n) is 2.20. The number of aliphatic hydroxyl groups excluding tert-OH is 1. The van der Waals surface area contributed by atoms with Crippen LogP contribution in [-0.4, -0.2) is 42.4 Å². The minimum absolute atomic E-state index is 0.0728. The molecule has 3 atom stereocenters. The molecule has 0 saturated carbocycles. The highest BCUT2D eigenvalue weighted by molar-refractivity contribution is 4.86. The number of rotatable bonds is 4. The summed E-state index contributed by atoms with van der Waals surface area (Å²) in [7, 11) is 0. The van der Waals surface area contributed by atoms with Crippen molar-refractivity contribution < 1.29 is 19.3 Å². The van der Waals surface area contributed by atoms with E-state index in [4.69, 9.17) is 20.6 Å². The van der Waals surface area contributed by atoms with Gasteiger partial charge < -0.3 is 19.3 Å². The Kier molecular flexibility index (Phi) is 4.75. The lowest BCUT2D eigenvalue weighted by Gasteiger charge is -2.26. The molecule has 16 heavy (non-hydrogen) atoms. The standard InChI is InChI=1S/C12H20O4/c1-5-6-14-11-7-9(10(8-13)15-11)16-12(2,3)4/h1,9-11,13H,6-8H2,2-4H3/t9?,10-,11-/m1/s1. The van der Waals surface area contributed by atoms with Crippen LogP contribution in [0.4, 0.5) is 0 Å². The van der Waals surface area contributed by atoms with Crippen molar-refractivity contribution in [3.63, 3.8) is 0 Å². The summed E-state index contributed by atoms with van der Waals surface area (Å²) in [6.07, 6.45) is 4.85. The lowest BCUT2D eigenvalue weighted by Crippen LogP contribution is -2.34. The SMILES string of the molecule is C#CCO[C@H]1CC(OC(C)(C)C)[C@@H](CO)O1. The average molecular weight is 228 g/mol. The largest absolute Gasteiger partial charge is 0.394 e. The maximum absolute atomic E-state index is 9.18. The van der Waals surface area contributed by atoms with Crippen LogP contribution in [0.25, 0.3) is 0 Å². The first-order valence-corrected chi connectivity index (χ1v) is 5.45. The average Bonchev–Trinajstić information content (AvgIpc) is 2.54. The van der Waals surface area contributed by atoms with Crippen LogP contribution < -0.4 is 0 Å². The molecule has 1 fully saturated rings. The molecule has 0 bridgehead atoms. The second kappa shape index (κ2) is 5.65. The third-order valence-corrected chi connectivity index (χ3v) is 2.20. The molecule has 1 saturated heterocycles. The van der Waals surface area contributed by atoms with Gasteiger partial charge in [-0.2, -0.15) is 0 Å². The van der Waals surface area contributed by atoms with Gasteiger partial charge in [0.2, 0.25) is 0 Å². The van der Waals surface area contributed by atoms with Gasteiger partial charge in [0.1, 0.15) is 12.7 Å². The molecule has 1 N–H and O–H groups in total. The van der Waals surface area contributed by atoms with Crippen LogP contribution in [0, 0.1) is 12.3 Å². The van der Waals surface area contributed by atoms with E-state index in [2.05, 4.69) is 5.92 Å². The fourth-order valence-electron chi connectivity index (χ4n) is 1.67. The van der Waals surface area contributed by atoms with Crippen LogP contribution >= 0.6 is 0 Å². The Hall–Kier alpha value is -0.600. The number of hydrogen-bond acceptors (Lipinski definition) is 4. The second-order valence-electron chi connectivity index (χ2n) is 4.81. The Morgan fingerprint density at radius 3 is 2.69 bits per heavy atom.